The van der Waals surface area contributed by atoms with Crippen LogP contribution in [0, 0.1) is 6.92 Å². The van der Waals surface area contributed by atoms with Crippen LogP contribution in [0.25, 0.3) is 0 Å². The first-order valence-corrected chi connectivity index (χ1v) is 5.99. The molecule has 5 nitrogen and oxygen atoms in total. The van der Waals surface area contributed by atoms with Gasteiger partial charge in [-0.3, -0.25) is 9.59 Å². The van der Waals surface area contributed by atoms with Gasteiger partial charge in [0.25, 0.3) is 5.56 Å². The van der Waals surface area contributed by atoms with Gasteiger partial charge >= 0.3 is 0 Å². The maximum atomic E-state index is 11.7. The van der Waals surface area contributed by atoms with Crippen molar-refractivity contribution in [3.8, 4) is 0 Å². The molecule has 0 saturated carbocycles. The summed E-state index contributed by atoms with van der Waals surface area (Å²) in [6.45, 7) is 2.39. The van der Waals surface area contributed by atoms with Crippen LogP contribution in [0.1, 0.15) is 11.1 Å². The molecule has 98 valence electrons. The molecule has 0 radical (unpaired) electrons. The highest BCUT2D eigenvalue weighted by Crippen LogP contribution is 2.02. The molecule has 1 amide bonds. The summed E-state index contributed by atoms with van der Waals surface area (Å²) in [5, 5.41) is 6.58. The van der Waals surface area contributed by atoms with Crippen LogP contribution in [-0.4, -0.2) is 15.7 Å². The van der Waals surface area contributed by atoms with Crippen molar-refractivity contribution in [2.45, 2.75) is 20.0 Å². The third-order valence-corrected chi connectivity index (χ3v) is 2.69. The number of amides is 1. The molecule has 0 fully saturated rings. The van der Waals surface area contributed by atoms with E-state index in [1.54, 1.807) is 6.07 Å². The monoisotopic (exact) mass is 257 g/mol. The lowest BCUT2D eigenvalue weighted by atomic mass is 10.1. The summed E-state index contributed by atoms with van der Waals surface area (Å²) in [7, 11) is 0. The van der Waals surface area contributed by atoms with Gasteiger partial charge in [0.15, 0.2) is 0 Å². The average Bonchev–Trinajstić information content (AvgIpc) is 2.41. The average molecular weight is 257 g/mol. The van der Waals surface area contributed by atoms with Gasteiger partial charge in [0, 0.05) is 18.8 Å². The Morgan fingerprint density at radius 3 is 2.68 bits per heavy atom. The maximum Gasteiger partial charge on any atom is 0.267 e. The number of nitrogens with one attached hydrogen (secondary N) is 1. The normalized spacial score (nSPS) is 10.2. The first-order chi connectivity index (χ1) is 9.15. The quantitative estimate of drug-likeness (QED) is 0.884. The lowest BCUT2D eigenvalue weighted by Gasteiger charge is -2.06. The molecular weight excluding hydrogens is 242 g/mol. The smallest absolute Gasteiger partial charge is 0.267 e. The van der Waals surface area contributed by atoms with Crippen LogP contribution < -0.4 is 10.9 Å². The van der Waals surface area contributed by atoms with Crippen LogP contribution >= 0.6 is 0 Å². The molecule has 0 unspecified atom stereocenters. The van der Waals surface area contributed by atoms with Crippen molar-refractivity contribution in [1.29, 1.82) is 0 Å². The number of benzene rings is 1. The first kappa shape index (κ1) is 13.0. The van der Waals surface area contributed by atoms with E-state index in [4.69, 9.17) is 0 Å². The molecular formula is C14H15N3O2. The second kappa shape index (κ2) is 5.95. The molecule has 0 saturated heterocycles. The molecule has 0 atom stereocenters. The van der Waals surface area contributed by atoms with Crippen molar-refractivity contribution in [3.63, 3.8) is 0 Å². The molecule has 1 aromatic heterocycles. The predicted molar refractivity (Wildman–Crippen MR) is 71.5 cm³/mol. The van der Waals surface area contributed by atoms with Gasteiger partial charge < -0.3 is 5.32 Å². The van der Waals surface area contributed by atoms with Crippen molar-refractivity contribution in [1.82, 2.24) is 15.1 Å². The topological polar surface area (TPSA) is 64.0 Å². The van der Waals surface area contributed by atoms with Crippen LogP contribution in [0.4, 0.5) is 0 Å². The Labute approximate surface area is 110 Å². The number of hydrogen-bond acceptors (Lipinski definition) is 3. The van der Waals surface area contributed by atoms with E-state index in [0.717, 1.165) is 10.2 Å². The minimum absolute atomic E-state index is 0.0640. The highest BCUT2D eigenvalue weighted by molar-refractivity contribution is 5.75. The second-order valence-electron chi connectivity index (χ2n) is 4.28. The highest BCUT2D eigenvalue weighted by atomic mass is 16.2. The molecule has 0 aliphatic carbocycles. The minimum Gasteiger partial charge on any atom is -0.350 e. The summed E-state index contributed by atoms with van der Waals surface area (Å²) in [5.41, 5.74) is 1.91. The minimum atomic E-state index is -0.284. The fourth-order valence-corrected chi connectivity index (χ4v) is 1.60. The van der Waals surface area contributed by atoms with Crippen LogP contribution in [0.3, 0.4) is 0 Å². The summed E-state index contributed by atoms with van der Waals surface area (Å²) < 4.78 is 1.13. The molecule has 2 rings (SSSR count). The number of rotatable bonds is 4. The Hall–Kier alpha value is -2.43. The number of hydrogen-bond donors (Lipinski definition) is 1. The van der Waals surface area contributed by atoms with Crippen LogP contribution in [0.15, 0.2) is 47.4 Å². The van der Waals surface area contributed by atoms with Gasteiger partial charge in [-0.15, -0.1) is 0 Å². The third-order valence-electron chi connectivity index (χ3n) is 2.69. The van der Waals surface area contributed by atoms with Crippen molar-refractivity contribution in [3.05, 3.63) is 64.1 Å². The Bertz CT molecular complexity index is 617. The van der Waals surface area contributed by atoms with Crippen molar-refractivity contribution >= 4 is 5.91 Å². The molecule has 0 aliphatic rings. The molecule has 1 aromatic carbocycles. The van der Waals surface area contributed by atoms with Crippen molar-refractivity contribution < 1.29 is 4.79 Å². The van der Waals surface area contributed by atoms with E-state index in [1.807, 2.05) is 31.2 Å². The number of carbonyl (C=O) groups excluding carboxylic acids is 1. The molecule has 19 heavy (non-hydrogen) atoms. The fraction of sp³-hybridized carbons (Fsp3) is 0.214. The standard InChI is InChI=1S/C14H15N3O2/c1-11-4-6-12(7-5-11)9-15-13(18)10-17-14(19)3-2-8-16-17/h2-8H,9-10H2,1H3,(H,15,18). The number of aryl methyl sites for hydroxylation is 1. The van der Waals surface area contributed by atoms with E-state index in [1.165, 1.54) is 17.8 Å². The summed E-state index contributed by atoms with van der Waals surface area (Å²) >= 11 is 0. The summed E-state index contributed by atoms with van der Waals surface area (Å²) in [4.78, 5) is 23.1. The highest BCUT2D eigenvalue weighted by Gasteiger charge is 2.04. The van der Waals surface area contributed by atoms with Gasteiger partial charge in [0.05, 0.1) is 0 Å². The number of carbonyl (C=O) groups is 1. The van der Waals surface area contributed by atoms with E-state index in [2.05, 4.69) is 10.4 Å². The molecule has 2 aromatic rings. The lowest BCUT2D eigenvalue weighted by molar-refractivity contribution is -0.122. The largest absolute Gasteiger partial charge is 0.350 e. The van der Waals surface area contributed by atoms with Crippen LogP contribution in [0.2, 0.25) is 0 Å². The Morgan fingerprint density at radius 1 is 1.26 bits per heavy atom. The van der Waals surface area contributed by atoms with Gasteiger partial charge in [-0.1, -0.05) is 29.8 Å². The van der Waals surface area contributed by atoms with Crippen molar-refractivity contribution in [2.75, 3.05) is 0 Å². The van der Waals surface area contributed by atoms with E-state index >= 15 is 0 Å². The van der Waals surface area contributed by atoms with Gasteiger partial charge in [-0.05, 0) is 18.6 Å². The lowest BCUT2D eigenvalue weighted by Crippen LogP contribution is -2.32. The van der Waals surface area contributed by atoms with Gasteiger partial charge in [0.2, 0.25) is 5.91 Å². The molecule has 1 N–H and O–H groups in total. The molecule has 0 bridgehead atoms. The zero-order chi connectivity index (χ0) is 13.7. The van der Waals surface area contributed by atoms with Crippen LogP contribution in [-0.2, 0) is 17.9 Å². The van der Waals surface area contributed by atoms with E-state index in [0.29, 0.717) is 6.54 Å². The Morgan fingerprint density at radius 2 is 2.00 bits per heavy atom. The Kier molecular flexibility index (Phi) is 4.07. The summed E-state index contributed by atoms with van der Waals surface area (Å²) in [6, 6.07) is 10.8. The van der Waals surface area contributed by atoms with E-state index in [9.17, 15) is 9.59 Å². The zero-order valence-electron chi connectivity index (χ0n) is 10.7. The van der Waals surface area contributed by atoms with Gasteiger partial charge in [0.1, 0.15) is 6.54 Å². The predicted octanol–water partition coefficient (Wildman–Crippen LogP) is 0.868. The number of nitrogens with zero attached hydrogens (tertiary/aromatic N) is 2. The molecule has 5 heteroatoms. The summed E-state index contributed by atoms with van der Waals surface area (Å²) in [6.07, 6.45) is 1.48. The Balaban J connectivity index is 1.90. The number of aromatic nitrogens is 2. The van der Waals surface area contributed by atoms with E-state index in [-0.39, 0.29) is 18.0 Å². The molecule has 0 aliphatic heterocycles. The van der Waals surface area contributed by atoms with E-state index < -0.39 is 0 Å². The molecule has 0 spiro atoms. The zero-order valence-corrected chi connectivity index (χ0v) is 10.7. The first-order valence-electron chi connectivity index (χ1n) is 5.99. The second-order valence-corrected chi connectivity index (χ2v) is 4.28. The molecule has 1 heterocycles. The third kappa shape index (κ3) is 3.77. The van der Waals surface area contributed by atoms with Crippen LogP contribution in [0.5, 0.6) is 0 Å². The fourth-order valence-electron chi connectivity index (χ4n) is 1.60. The van der Waals surface area contributed by atoms with Gasteiger partial charge in [-0.2, -0.15) is 5.10 Å². The van der Waals surface area contributed by atoms with Crippen molar-refractivity contribution in [2.24, 2.45) is 0 Å². The van der Waals surface area contributed by atoms with Gasteiger partial charge in [-0.25, -0.2) is 4.68 Å². The summed E-state index contributed by atoms with van der Waals surface area (Å²) in [5.74, 6) is -0.235. The SMILES string of the molecule is Cc1ccc(CNC(=O)Cn2ncccc2=O)cc1. The maximum absolute atomic E-state index is 11.7.